The molecule has 78 valence electrons. The van der Waals surface area contributed by atoms with Crippen LogP contribution in [0.15, 0.2) is 17.0 Å². The van der Waals surface area contributed by atoms with Gasteiger partial charge < -0.3 is 5.73 Å². The molecule has 15 heavy (non-hydrogen) atoms. The molecule has 2 aromatic heterocycles. The molecular formula is C10H12N4S. The van der Waals surface area contributed by atoms with Crippen LogP contribution in [-0.4, -0.2) is 15.0 Å². The van der Waals surface area contributed by atoms with Crippen LogP contribution in [0, 0.1) is 0 Å². The zero-order valence-corrected chi connectivity index (χ0v) is 9.29. The van der Waals surface area contributed by atoms with E-state index in [1.54, 1.807) is 5.51 Å². The Morgan fingerprint density at radius 2 is 2.27 bits per heavy atom. The van der Waals surface area contributed by atoms with E-state index in [1.807, 2.05) is 11.4 Å². The van der Waals surface area contributed by atoms with E-state index >= 15 is 0 Å². The number of nitrogens with two attached hydrogens (primary N) is 1. The van der Waals surface area contributed by atoms with Gasteiger partial charge in [-0.3, -0.25) is 0 Å². The van der Waals surface area contributed by atoms with Crippen LogP contribution in [0.2, 0.25) is 0 Å². The minimum absolute atomic E-state index is 0.511. The van der Waals surface area contributed by atoms with Crippen molar-refractivity contribution in [3.8, 4) is 11.5 Å². The summed E-state index contributed by atoms with van der Waals surface area (Å²) in [7, 11) is 0. The fraction of sp³-hybridized carbons (Fsp3) is 0.300. The smallest absolute Gasteiger partial charge is 0.181 e. The number of hydrogen-bond donors (Lipinski definition) is 1. The first-order valence-electron chi connectivity index (χ1n) is 4.81. The summed E-state index contributed by atoms with van der Waals surface area (Å²) < 4.78 is 0. The van der Waals surface area contributed by atoms with E-state index in [9.17, 15) is 0 Å². The van der Waals surface area contributed by atoms with Crippen LogP contribution in [0.1, 0.15) is 19.0 Å². The van der Waals surface area contributed by atoms with E-state index in [0.29, 0.717) is 11.6 Å². The standard InChI is InChI=1S/C10H12N4S/c1-2-3-7-4-9(11)14-10(13-7)8-5-15-6-12-8/h4-6H,2-3H2,1H3,(H2,11,13,14). The zero-order valence-electron chi connectivity index (χ0n) is 8.47. The second-order valence-electron chi connectivity index (χ2n) is 3.23. The SMILES string of the molecule is CCCc1cc(N)nc(-c2cscn2)n1. The number of nitrogen functional groups attached to an aromatic ring is 1. The second kappa shape index (κ2) is 4.35. The first-order chi connectivity index (χ1) is 7.29. The van der Waals surface area contributed by atoms with Gasteiger partial charge in [0.25, 0.3) is 0 Å². The third kappa shape index (κ3) is 2.30. The Morgan fingerprint density at radius 1 is 1.40 bits per heavy atom. The molecule has 0 aliphatic heterocycles. The van der Waals surface area contributed by atoms with E-state index in [0.717, 1.165) is 24.2 Å². The lowest BCUT2D eigenvalue weighted by molar-refractivity contribution is 0.876. The fourth-order valence-corrected chi connectivity index (χ4v) is 1.87. The van der Waals surface area contributed by atoms with Crippen molar-refractivity contribution in [2.75, 3.05) is 5.73 Å². The van der Waals surface area contributed by atoms with E-state index in [1.165, 1.54) is 11.3 Å². The van der Waals surface area contributed by atoms with Gasteiger partial charge in [0.1, 0.15) is 11.5 Å². The molecule has 0 fully saturated rings. The Kier molecular flexibility index (Phi) is 2.91. The summed E-state index contributed by atoms with van der Waals surface area (Å²) in [5.74, 6) is 1.14. The minimum Gasteiger partial charge on any atom is -0.384 e. The second-order valence-corrected chi connectivity index (χ2v) is 3.95. The van der Waals surface area contributed by atoms with Gasteiger partial charge in [-0.15, -0.1) is 11.3 Å². The first kappa shape index (κ1) is 10.0. The van der Waals surface area contributed by atoms with Gasteiger partial charge in [-0.1, -0.05) is 13.3 Å². The van der Waals surface area contributed by atoms with Gasteiger partial charge in [0, 0.05) is 17.1 Å². The van der Waals surface area contributed by atoms with Crippen LogP contribution in [0.4, 0.5) is 5.82 Å². The Hall–Kier alpha value is -1.49. The summed E-state index contributed by atoms with van der Waals surface area (Å²) in [5, 5.41) is 1.92. The maximum Gasteiger partial charge on any atom is 0.181 e. The van der Waals surface area contributed by atoms with Gasteiger partial charge >= 0.3 is 0 Å². The minimum atomic E-state index is 0.511. The highest BCUT2D eigenvalue weighted by Gasteiger charge is 2.06. The summed E-state index contributed by atoms with van der Waals surface area (Å²) in [6, 6.07) is 1.82. The third-order valence-electron chi connectivity index (χ3n) is 1.97. The fourth-order valence-electron chi connectivity index (χ4n) is 1.34. The van der Waals surface area contributed by atoms with Crippen LogP contribution in [0.3, 0.4) is 0 Å². The third-order valence-corrected chi connectivity index (χ3v) is 2.55. The summed E-state index contributed by atoms with van der Waals surface area (Å²) in [6.07, 6.45) is 1.97. The number of rotatable bonds is 3. The molecule has 0 aliphatic rings. The molecule has 0 radical (unpaired) electrons. The van der Waals surface area contributed by atoms with Crippen molar-refractivity contribution in [2.45, 2.75) is 19.8 Å². The molecular weight excluding hydrogens is 208 g/mol. The highest BCUT2D eigenvalue weighted by Crippen LogP contribution is 2.17. The molecule has 0 aliphatic carbocycles. The molecule has 2 rings (SSSR count). The number of hydrogen-bond acceptors (Lipinski definition) is 5. The van der Waals surface area contributed by atoms with Gasteiger partial charge in [-0.25, -0.2) is 15.0 Å². The molecule has 2 aromatic rings. The molecule has 4 nitrogen and oxygen atoms in total. The van der Waals surface area contributed by atoms with Crippen molar-refractivity contribution >= 4 is 17.2 Å². The Labute approximate surface area is 92.2 Å². The normalized spacial score (nSPS) is 10.5. The lowest BCUT2D eigenvalue weighted by atomic mass is 10.2. The van der Waals surface area contributed by atoms with Crippen LogP contribution in [-0.2, 0) is 6.42 Å². The van der Waals surface area contributed by atoms with Gasteiger partial charge in [-0.05, 0) is 6.42 Å². The van der Waals surface area contributed by atoms with Gasteiger partial charge in [-0.2, -0.15) is 0 Å². The number of aromatic nitrogens is 3. The van der Waals surface area contributed by atoms with E-state index in [4.69, 9.17) is 5.73 Å². The zero-order chi connectivity index (χ0) is 10.7. The molecule has 0 amide bonds. The molecule has 2 N–H and O–H groups in total. The van der Waals surface area contributed by atoms with Crippen molar-refractivity contribution in [3.05, 3.63) is 22.7 Å². The Bertz CT molecular complexity index is 439. The van der Waals surface area contributed by atoms with Crippen molar-refractivity contribution in [2.24, 2.45) is 0 Å². The molecule has 0 spiro atoms. The van der Waals surface area contributed by atoms with Gasteiger partial charge in [0.15, 0.2) is 5.82 Å². The Morgan fingerprint density at radius 3 is 2.93 bits per heavy atom. The van der Waals surface area contributed by atoms with Gasteiger partial charge in [0.05, 0.1) is 5.51 Å². The molecule has 0 saturated heterocycles. The highest BCUT2D eigenvalue weighted by molar-refractivity contribution is 7.07. The molecule has 0 atom stereocenters. The quantitative estimate of drug-likeness (QED) is 0.860. The van der Waals surface area contributed by atoms with Crippen LogP contribution < -0.4 is 5.73 Å². The lowest BCUT2D eigenvalue weighted by Gasteiger charge is -2.02. The number of nitrogens with zero attached hydrogens (tertiary/aromatic N) is 3. The summed E-state index contributed by atoms with van der Waals surface area (Å²) in [5.41, 5.74) is 9.26. The Balaban J connectivity index is 2.40. The topological polar surface area (TPSA) is 64.7 Å². The predicted octanol–water partition coefficient (Wildman–Crippen LogP) is 2.13. The van der Waals surface area contributed by atoms with Crippen LogP contribution in [0.5, 0.6) is 0 Å². The van der Waals surface area contributed by atoms with Crippen molar-refractivity contribution in [1.29, 1.82) is 0 Å². The average molecular weight is 220 g/mol. The van der Waals surface area contributed by atoms with Crippen LogP contribution in [0.25, 0.3) is 11.5 Å². The van der Waals surface area contributed by atoms with E-state index in [2.05, 4.69) is 21.9 Å². The lowest BCUT2D eigenvalue weighted by Crippen LogP contribution is -2.00. The van der Waals surface area contributed by atoms with Crippen LogP contribution >= 0.6 is 11.3 Å². The molecule has 0 saturated carbocycles. The summed E-state index contributed by atoms with van der Waals surface area (Å²) in [6.45, 7) is 2.11. The molecule has 0 unspecified atom stereocenters. The molecule has 0 aromatic carbocycles. The van der Waals surface area contributed by atoms with Gasteiger partial charge in [0.2, 0.25) is 0 Å². The largest absolute Gasteiger partial charge is 0.384 e. The monoisotopic (exact) mass is 220 g/mol. The van der Waals surface area contributed by atoms with Crippen molar-refractivity contribution in [1.82, 2.24) is 15.0 Å². The highest BCUT2D eigenvalue weighted by atomic mass is 32.1. The maximum absolute atomic E-state index is 5.72. The van der Waals surface area contributed by atoms with E-state index in [-0.39, 0.29) is 0 Å². The molecule has 0 bridgehead atoms. The first-order valence-corrected chi connectivity index (χ1v) is 5.76. The average Bonchev–Trinajstić information content (AvgIpc) is 2.70. The molecule has 5 heteroatoms. The van der Waals surface area contributed by atoms with E-state index < -0.39 is 0 Å². The number of aryl methyl sites for hydroxylation is 1. The number of thiazole rings is 1. The number of anilines is 1. The maximum atomic E-state index is 5.72. The van der Waals surface area contributed by atoms with Crippen molar-refractivity contribution < 1.29 is 0 Å². The summed E-state index contributed by atoms with van der Waals surface area (Å²) >= 11 is 1.53. The summed E-state index contributed by atoms with van der Waals surface area (Å²) in [4.78, 5) is 12.8. The predicted molar refractivity (Wildman–Crippen MR) is 61.5 cm³/mol. The van der Waals surface area contributed by atoms with Crippen molar-refractivity contribution in [3.63, 3.8) is 0 Å². The molecule has 2 heterocycles.